The molecule has 0 radical (unpaired) electrons. The molecule has 5 heteroatoms. The number of halogens is 2. The zero-order valence-corrected chi connectivity index (χ0v) is 8.36. The molecule has 0 aliphatic heterocycles. The van der Waals surface area contributed by atoms with Gasteiger partial charge in [-0.2, -0.15) is 8.78 Å². The summed E-state index contributed by atoms with van der Waals surface area (Å²) in [6.07, 6.45) is 1.44. The molecule has 0 aliphatic carbocycles. The maximum atomic E-state index is 11.8. The van der Waals surface area contributed by atoms with Gasteiger partial charge < -0.3 is 9.47 Å². The lowest BCUT2D eigenvalue weighted by atomic mass is 10.2. The number of benzene rings is 1. The lowest BCUT2D eigenvalue weighted by Crippen LogP contribution is -2.06. The second-order valence-corrected chi connectivity index (χ2v) is 2.79. The molecule has 0 heterocycles. The highest BCUT2D eigenvalue weighted by Crippen LogP contribution is 2.15. The van der Waals surface area contributed by atoms with Crippen molar-refractivity contribution in [3.8, 4) is 5.75 Å². The molecule has 0 aliphatic rings. The van der Waals surface area contributed by atoms with Crippen LogP contribution in [0.4, 0.5) is 8.78 Å². The molecule has 0 aromatic heterocycles. The summed E-state index contributed by atoms with van der Waals surface area (Å²) in [7, 11) is 0. The Bertz CT molecular complexity index is 360. The van der Waals surface area contributed by atoms with E-state index >= 15 is 0 Å². The second kappa shape index (κ2) is 5.85. The van der Waals surface area contributed by atoms with Crippen molar-refractivity contribution in [3.63, 3.8) is 0 Å². The van der Waals surface area contributed by atoms with E-state index in [4.69, 9.17) is 4.74 Å². The van der Waals surface area contributed by atoms with Crippen molar-refractivity contribution < 1.29 is 23.0 Å². The van der Waals surface area contributed by atoms with Gasteiger partial charge >= 0.3 is 12.6 Å². The van der Waals surface area contributed by atoms with E-state index in [0.717, 1.165) is 0 Å². The van der Waals surface area contributed by atoms with Crippen molar-refractivity contribution in [1.29, 1.82) is 0 Å². The van der Waals surface area contributed by atoms with Crippen LogP contribution in [0.1, 0.15) is 10.4 Å². The van der Waals surface area contributed by atoms with Crippen LogP contribution in [-0.4, -0.2) is 19.2 Å². The highest BCUT2D eigenvalue weighted by Gasteiger charge is 2.08. The molecule has 3 nitrogen and oxygen atoms in total. The summed E-state index contributed by atoms with van der Waals surface area (Å²) in [5.74, 6) is -0.543. The molecular weight excluding hydrogens is 218 g/mol. The van der Waals surface area contributed by atoms with Crippen LogP contribution in [0.2, 0.25) is 0 Å². The summed E-state index contributed by atoms with van der Waals surface area (Å²) in [4.78, 5) is 11.3. The van der Waals surface area contributed by atoms with Crippen LogP contribution in [0.5, 0.6) is 5.75 Å². The molecule has 0 N–H and O–H groups in total. The van der Waals surface area contributed by atoms with Crippen LogP contribution in [0, 0.1) is 0 Å². The quantitative estimate of drug-likeness (QED) is 0.574. The normalized spacial score (nSPS) is 9.94. The molecule has 0 saturated carbocycles. The first-order valence-corrected chi connectivity index (χ1v) is 4.46. The molecule has 0 amide bonds. The van der Waals surface area contributed by atoms with Crippen LogP contribution in [0.15, 0.2) is 36.9 Å². The molecule has 1 aromatic rings. The zero-order chi connectivity index (χ0) is 12.0. The van der Waals surface area contributed by atoms with E-state index in [-0.39, 0.29) is 17.9 Å². The highest BCUT2D eigenvalue weighted by molar-refractivity contribution is 5.89. The Morgan fingerprint density at radius 3 is 2.50 bits per heavy atom. The van der Waals surface area contributed by atoms with Gasteiger partial charge in [0.2, 0.25) is 0 Å². The molecule has 0 bridgehead atoms. The number of hydrogen-bond donors (Lipinski definition) is 0. The Labute approximate surface area is 91.3 Å². The largest absolute Gasteiger partial charge is 0.458 e. The predicted molar refractivity (Wildman–Crippen MR) is 53.6 cm³/mol. The topological polar surface area (TPSA) is 35.5 Å². The number of hydrogen-bond acceptors (Lipinski definition) is 3. The first-order chi connectivity index (χ1) is 7.63. The van der Waals surface area contributed by atoms with Crippen molar-refractivity contribution in [1.82, 2.24) is 0 Å². The Morgan fingerprint density at radius 1 is 1.38 bits per heavy atom. The first kappa shape index (κ1) is 12.2. The smallest absolute Gasteiger partial charge is 0.387 e. The van der Waals surface area contributed by atoms with E-state index in [1.54, 1.807) is 0 Å². The number of carbonyl (C=O) groups is 1. The lowest BCUT2D eigenvalue weighted by molar-refractivity contribution is -0.0498. The van der Waals surface area contributed by atoms with Crippen molar-refractivity contribution >= 4 is 5.97 Å². The van der Waals surface area contributed by atoms with Crippen LogP contribution in [0.25, 0.3) is 0 Å². The van der Waals surface area contributed by atoms with Gasteiger partial charge in [-0.05, 0) is 24.3 Å². The summed E-state index contributed by atoms with van der Waals surface area (Å²) in [5, 5.41) is 0. The summed E-state index contributed by atoms with van der Waals surface area (Å²) in [6, 6.07) is 5.25. The standard InChI is InChI=1S/C11H10F2O3/c1-2-7-15-10(14)8-3-5-9(6-4-8)16-11(12)13/h2-6,11H,1,7H2. The van der Waals surface area contributed by atoms with Crippen LogP contribution < -0.4 is 4.74 Å². The maximum Gasteiger partial charge on any atom is 0.387 e. The third kappa shape index (κ3) is 3.68. The average molecular weight is 228 g/mol. The molecule has 0 fully saturated rings. The molecule has 1 rings (SSSR count). The van der Waals surface area contributed by atoms with Gasteiger partial charge in [0.1, 0.15) is 12.4 Å². The molecule has 0 saturated heterocycles. The van der Waals surface area contributed by atoms with Gasteiger partial charge in [-0.25, -0.2) is 4.79 Å². The number of ether oxygens (including phenoxy) is 2. The van der Waals surface area contributed by atoms with Crippen molar-refractivity contribution in [2.75, 3.05) is 6.61 Å². The Morgan fingerprint density at radius 2 is 2.00 bits per heavy atom. The highest BCUT2D eigenvalue weighted by atomic mass is 19.3. The Hall–Kier alpha value is -1.91. The van der Waals surface area contributed by atoms with Gasteiger partial charge in [-0.3, -0.25) is 0 Å². The van der Waals surface area contributed by atoms with E-state index in [0.29, 0.717) is 0 Å². The minimum atomic E-state index is -2.88. The van der Waals surface area contributed by atoms with E-state index in [1.807, 2.05) is 0 Å². The fraction of sp³-hybridized carbons (Fsp3) is 0.182. The number of rotatable bonds is 5. The fourth-order valence-electron chi connectivity index (χ4n) is 0.990. The van der Waals surface area contributed by atoms with E-state index in [2.05, 4.69) is 11.3 Å². The van der Waals surface area contributed by atoms with Gasteiger partial charge in [0, 0.05) is 0 Å². The molecule has 0 unspecified atom stereocenters. The first-order valence-electron chi connectivity index (χ1n) is 4.46. The third-order valence-electron chi connectivity index (χ3n) is 1.65. The number of esters is 1. The van der Waals surface area contributed by atoms with Gasteiger partial charge in [0.05, 0.1) is 5.56 Å². The van der Waals surface area contributed by atoms with E-state index < -0.39 is 12.6 Å². The number of carbonyl (C=O) groups excluding carboxylic acids is 1. The van der Waals surface area contributed by atoms with Gasteiger partial charge in [0.25, 0.3) is 0 Å². The predicted octanol–water partition coefficient (Wildman–Crippen LogP) is 2.63. The molecule has 1 aromatic carbocycles. The Balaban J connectivity index is 2.63. The molecule has 86 valence electrons. The second-order valence-electron chi connectivity index (χ2n) is 2.79. The Kier molecular flexibility index (Phi) is 4.44. The molecule has 0 atom stereocenters. The summed E-state index contributed by atoms with van der Waals surface area (Å²) >= 11 is 0. The van der Waals surface area contributed by atoms with Gasteiger partial charge in [-0.1, -0.05) is 12.7 Å². The van der Waals surface area contributed by atoms with Crippen LogP contribution >= 0.6 is 0 Å². The SMILES string of the molecule is C=CCOC(=O)c1ccc(OC(F)F)cc1. The molecule has 0 spiro atoms. The van der Waals surface area contributed by atoms with Gasteiger partial charge in [-0.15, -0.1) is 0 Å². The molecule has 16 heavy (non-hydrogen) atoms. The average Bonchev–Trinajstić information content (AvgIpc) is 2.26. The van der Waals surface area contributed by atoms with Crippen molar-refractivity contribution in [3.05, 3.63) is 42.5 Å². The van der Waals surface area contributed by atoms with Crippen LogP contribution in [0.3, 0.4) is 0 Å². The van der Waals surface area contributed by atoms with Gasteiger partial charge in [0.15, 0.2) is 0 Å². The third-order valence-corrected chi connectivity index (χ3v) is 1.65. The summed E-state index contributed by atoms with van der Waals surface area (Å²) < 4.78 is 32.5. The summed E-state index contributed by atoms with van der Waals surface area (Å²) in [6.45, 7) is 0.621. The fourth-order valence-corrected chi connectivity index (χ4v) is 0.990. The minimum absolute atomic E-state index is 0.00438. The van der Waals surface area contributed by atoms with Crippen molar-refractivity contribution in [2.45, 2.75) is 6.61 Å². The summed E-state index contributed by atoms with van der Waals surface area (Å²) in [5.41, 5.74) is 0.267. The van der Waals surface area contributed by atoms with E-state index in [9.17, 15) is 13.6 Å². The number of alkyl halides is 2. The van der Waals surface area contributed by atoms with E-state index in [1.165, 1.54) is 30.3 Å². The molecular formula is C11H10F2O3. The van der Waals surface area contributed by atoms with Crippen molar-refractivity contribution in [2.24, 2.45) is 0 Å². The zero-order valence-electron chi connectivity index (χ0n) is 8.36. The van der Waals surface area contributed by atoms with Crippen LogP contribution in [-0.2, 0) is 4.74 Å². The minimum Gasteiger partial charge on any atom is -0.458 e. The lowest BCUT2D eigenvalue weighted by Gasteiger charge is -2.05. The monoisotopic (exact) mass is 228 g/mol. The maximum absolute atomic E-state index is 11.8.